The maximum atomic E-state index is 12.5. The summed E-state index contributed by atoms with van der Waals surface area (Å²) in [6, 6.07) is 0. The molecule has 0 aromatic rings. The Morgan fingerprint density at radius 3 is 2.18 bits per heavy atom. The number of piperazine rings is 1. The topological polar surface area (TPSA) is 86.9 Å². The number of hydrogen-bond donors (Lipinski definition) is 2. The average molecular weight is 327 g/mol. The van der Waals surface area contributed by atoms with Crippen molar-refractivity contribution in [1.29, 1.82) is 0 Å². The van der Waals surface area contributed by atoms with Crippen molar-refractivity contribution in [3.05, 3.63) is 0 Å². The number of amides is 2. The molecule has 0 spiro atoms. The second kappa shape index (κ2) is 6.02. The number of aliphatic hydroxyl groups is 1. The summed E-state index contributed by atoms with van der Waals surface area (Å²) < 4.78 is 0. The molecule has 1 unspecified atom stereocenters. The highest BCUT2D eigenvalue weighted by atomic mass is 32.2. The summed E-state index contributed by atoms with van der Waals surface area (Å²) in [5.74, 6) is 0.969. The van der Waals surface area contributed by atoms with Crippen LogP contribution in [0.4, 0.5) is 0 Å². The lowest BCUT2D eigenvalue weighted by Crippen LogP contribution is -2.63. The summed E-state index contributed by atoms with van der Waals surface area (Å²) in [4.78, 5) is 28.4. The molecule has 22 heavy (non-hydrogen) atoms. The molecule has 0 aromatic carbocycles. The van der Waals surface area contributed by atoms with E-state index in [2.05, 4.69) is 4.90 Å². The van der Waals surface area contributed by atoms with Crippen LogP contribution in [-0.2, 0) is 9.59 Å². The highest BCUT2D eigenvalue weighted by Crippen LogP contribution is 2.36. The number of carbonyl (C=O) groups is 2. The Kier molecular flexibility index (Phi) is 4.40. The first-order valence-corrected chi connectivity index (χ1v) is 9.28. The molecule has 3 fully saturated rings. The van der Waals surface area contributed by atoms with Gasteiger partial charge in [-0.3, -0.25) is 14.5 Å². The van der Waals surface area contributed by atoms with E-state index in [0.717, 1.165) is 31.4 Å². The van der Waals surface area contributed by atoms with Crippen LogP contribution in [0.15, 0.2) is 0 Å². The number of hydrogen-bond acceptors (Lipinski definition) is 5. The van der Waals surface area contributed by atoms with Crippen molar-refractivity contribution in [3.8, 4) is 0 Å². The monoisotopic (exact) mass is 327 g/mol. The summed E-state index contributed by atoms with van der Waals surface area (Å²) in [6.07, 6.45) is 4.29. The predicted molar refractivity (Wildman–Crippen MR) is 85.4 cm³/mol. The number of nitrogens with zero attached hydrogens (tertiary/aromatic N) is 2. The van der Waals surface area contributed by atoms with Crippen molar-refractivity contribution in [2.75, 3.05) is 37.7 Å². The molecule has 3 aliphatic rings. The summed E-state index contributed by atoms with van der Waals surface area (Å²) >= 11 is 1.63. The van der Waals surface area contributed by atoms with Gasteiger partial charge in [-0.25, -0.2) is 0 Å². The summed E-state index contributed by atoms with van der Waals surface area (Å²) in [5.41, 5.74) is 3.99. The Hall–Kier alpha value is -0.790. The fraction of sp³-hybridized carbons (Fsp3) is 0.867. The molecular formula is C15H25N3O3S. The number of rotatable bonds is 3. The molecule has 0 aromatic heterocycles. The first-order valence-electron chi connectivity index (χ1n) is 8.12. The van der Waals surface area contributed by atoms with Crippen LogP contribution in [0.5, 0.6) is 0 Å². The van der Waals surface area contributed by atoms with Crippen LogP contribution in [0.1, 0.15) is 32.1 Å². The van der Waals surface area contributed by atoms with Crippen LogP contribution in [0.3, 0.4) is 0 Å². The van der Waals surface area contributed by atoms with Gasteiger partial charge >= 0.3 is 0 Å². The number of thioether (sulfide) groups is 1. The van der Waals surface area contributed by atoms with Crippen molar-refractivity contribution in [2.24, 2.45) is 5.73 Å². The van der Waals surface area contributed by atoms with Crippen LogP contribution in [0.25, 0.3) is 0 Å². The molecule has 0 radical (unpaired) electrons. The zero-order valence-electron chi connectivity index (χ0n) is 12.9. The third-order valence-corrected chi connectivity index (χ3v) is 6.63. The van der Waals surface area contributed by atoms with Crippen LogP contribution in [0.2, 0.25) is 0 Å². The number of primary amides is 1. The minimum atomic E-state index is -1.18. The SMILES string of the molecule is NC(=O)C1(N2CCN(C(=O)C3(O)CCSC3)CC2)CCCC1. The van der Waals surface area contributed by atoms with Gasteiger partial charge in [0.1, 0.15) is 5.54 Å². The molecular weight excluding hydrogens is 302 g/mol. The number of nitrogens with two attached hydrogens (primary N) is 1. The first kappa shape index (κ1) is 16.1. The molecule has 0 bridgehead atoms. The van der Waals surface area contributed by atoms with E-state index in [-0.39, 0.29) is 11.8 Å². The molecule has 2 heterocycles. The predicted octanol–water partition coefficient (Wildman–Crippen LogP) is -0.203. The van der Waals surface area contributed by atoms with Crippen molar-refractivity contribution in [2.45, 2.75) is 43.2 Å². The molecule has 6 nitrogen and oxygen atoms in total. The standard InChI is InChI=1S/C15H25N3O3S/c16-12(19)14(3-1-2-4-14)18-8-6-17(7-9-18)13(20)15(21)5-10-22-11-15/h21H,1-11H2,(H2,16,19). The van der Waals surface area contributed by atoms with Crippen molar-refractivity contribution < 1.29 is 14.7 Å². The van der Waals surface area contributed by atoms with E-state index < -0.39 is 11.1 Å². The Labute approximate surface area is 135 Å². The van der Waals surface area contributed by atoms with Gasteiger partial charge < -0.3 is 15.7 Å². The van der Waals surface area contributed by atoms with Crippen molar-refractivity contribution in [1.82, 2.24) is 9.80 Å². The average Bonchev–Trinajstić information content (AvgIpc) is 3.17. The Morgan fingerprint density at radius 1 is 1.05 bits per heavy atom. The minimum Gasteiger partial charge on any atom is -0.379 e. The van der Waals surface area contributed by atoms with Gasteiger partial charge in [0.05, 0.1) is 0 Å². The Bertz CT molecular complexity index is 451. The maximum Gasteiger partial charge on any atom is 0.255 e. The van der Waals surface area contributed by atoms with Crippen molar-refractivity contribution in [3.63, 3.8) is 0 Å². The molecule has 1 aliphatic carbocycles. The highest BCUT2D eigenvalue weighted by Gasteiger charge is 2.47. The molecule has 1 atom stereocenters. The van der Waals surface area contributed by atoms with Crippen molar-refractivity contribution >= 4 is 23.6 Å². The van der Waals surface area contributed by atoms with Crippen LogP contribution < -0.4 is 5.73 Å². The smallest absolute Gasteiger partial charge is 0.255 e. The summed E-state index contributed by atoms with van der Waals surface area (Å²) in [6.45, 7) is 2.47. The zero-order chi connectivity index (χ0) is 15.8. The van der Waals surface area contributed by atoms with Gasteiger partial charge in [-0.05, 0) is 25.0 Å². The molecule has 2 aliphatic heterocycles. The Morgan fingerprint density at radius 2 is 1.68 bits per heavy atom. The largest absolute Gasteiger partial charge is 0.379 e. The fourth-order valence-corrected chi connectivity index (χ4v) is 5.26. The molecule has 3 rings (SSSR count). The summed E-state index contributed by atoms with van der Waals surface area (Å²) in [7, 11) is 0. The van der Waals surface area contributed by atoms with Gasteiger partial charge in [-0.15, -0.1) is 0 Å². The van der Waals surface area contributed by atoms with E-state index in [0.29, 0.717) is 38.4 Å². The summed E-state index contributed by atoms with van der Waals surface area (Å²) in [5, 5.41) is 10.4. The quantitative estimate of drug-likeness (QED) is 0.749. The Balaban J connectivity index is 1.63. The molecule has 1 saturated carbocycles. The van der Waals surface area contributed by atoms with Gasteiger partial charge in [-0.1, -0.05) is 12.8 Å². The third-order valence-electron chi connectivity index (χ3n) is 5.46. The van der Waals surface area contributed by atoms with Gasteiger partial charge in [0, 0.05) is 31.9 Å². The van der Waals surface area contributed by atoms with E-state index >= 15 is 0 Å². The highest BCUT2D eigenvalue weighted by molar-refractivity contribution is 7.99. The number of carbonyl (C=O) groups excluding carboxylic acids is 2. The minimum absolute atomic E-state index is 0.142. The van der Waals surface area contributed by atoms with Gasteiger partial charge in [0.25, 0.3) is 5.91 Å². The molecule has 124 valence electrons. The molecule has 3 N–H and O–H groups in total. The van der Waals surface area contributed by atoms with Crippen LogP contribution in [0, 0.1) is 0 Å². The van der Waals surface area contributed by atoms with E-state index in [1.807, 2.05) is 0 Å². The maximum absolute atomic E-state index is 12.5. The van der Waals surface area contributed by atoms with Gasteiger partial charge in [0.15, 0.2) is 5.60 Å². The lowest BCUT2D eigenvalue weighted by atomic mass is 9.93. The molecule has 2 saturated heterocycles. The lowest BCUT2D eigenvalue weighted by molar-refractivity contribution is -0.152. The van der Waals surface area contributed by atoms with E-state index in [4.69, 9.17) is 5.73 Å². The van der Waals surface area contributed by atoms with Gasteiger partial charge in [-0.2, -0.15) is 11.8 Å². The molecule has 7 heteroatoms. The fourth-order valence-electron chi connectivity index (χ4n) is 4.03. The normalized spacial score (nSPS) is 32.3. The second-order valence-electron chi connectivity index (χ2n) is 6.72. The van der Waals surface area contributed by atoms with Crippen LogP contribution in [-0.4, -0.2) is 75.5 Å². The first-order chi connectivity index (χ1) is 10.5. The third kappa shape index (κ3) is 2.63. The van der Waals surface area contributed by atoms with E-state index in [1.165, 1.54) is 0 Å². The van der Waals surface area contributed by atoms with E-state index in [1.54, 1.807) is 16.7 Å². The zero-order valence-corrected chi connectivity index (χ0v) is 13.7. The van der Waals surface area contributed by atoms with Gasteiger partial charge in [0.2, 0.25) is 5.91 Å². The lowest BCUT2D eigenvalue weighted by Gasteiger charge is -2.45. The molecule has 2 amide bonds. The van der Waals surface area contributed by atoms with E-state index in [9.17, 15) is 14.7 Å². The van der Waals surface area contributed by atoms with Crippen LogP contribution >= 0.6 is 11.8 Å². The second-order valence-corrected chi connectivity index (χ2v) is 7.82.